The molecule has 2 aromatic rings. The van der Waals surface area contributed by atoms with Crippen molar-refractivity contribution in [1.82, 2.24) is 5.32 Å². The van der Waals surface area contributed by atoms with Crippen molar-refractivity contribution in [3.63, 3.8) is 0 Å². The summed E-state index contributed by atoms with van der Waals surface area (Å²) in [5, 5.41) is 11.4. The average molecular weight is 391 g/mol. The molecule has 5 nitrogen and oxygen atoms in total. The first kappa shape index (κ1) is 20.8. The molecule has 0 aliphatic heterocycles. The van der Waals surface area contributed by atoms with Gasteiger partial charge in [0.15, 0.2) is 0 Å². The van der Waals surface area contributed by atoms with E-state index < -0.39 is 29.4 Å². The number of alkyl halides is 3. The topological polar surface area (TPSA) is 75.6 Å². The van der Waals surface area contributed by atoms with E-state index in [9.17, 15) is 22.8 Å². The number of carbonyl (C=O) groups excluding carboxylic acids is 1. The summed E-state index contributed by atoms with van der Waals surface area (Å²) in [6, 6.07) is 11.5. The third-order valence-corrected chi connectivity index (χ3v) is 3.47. The van der Waals surface area contributed by atoms with Crippen LogP contribution in [0.5, 0.6) is 0 Å². The maximum absolute atomic E-state index is 12.8. The average Bonchev–Trinajstić information content (AvgIpc) is 2.66. The maximum Gasteiger partial charge on any atom is 0.416 e. The van der Waals surface area contributed by atoms with Crippen LogP contribution in [0.1, 0.15) is 33.5 Å². The van der Waals surface area contributed by atoms with Crippen LogP contribution < -0.4 is 5.32 Å². The quantitative estimate of drug-likeness (QED) is 0.595. The third kappa shape index (κ3) is 6.68. The third-order valence-electron chi connectivity index (χ3n) is 3.47. The van der Waals surface area contributed by atoms with Gasteiger partial charge in [-0.25, -0.2) is 9.59 Å². The summed E-state index contributed by atoms with van der Waals surface area (Å²) < 4.78 is 43.5. The van der Waals surface area contributed by atoms with Crippen LogP contribution >= 0.6 is 0 Å². The van der Waals surface area contributed by atoms with Crippen LogP contribution in [0.25, 0.3) is 0 Å². The second-order valence-corrected chi connectivity index (χ2v) is 5.64. The minimum Gasteiger partial charge on any atom is -0.478 e. The van der Waals surface area contributed by atoms with E-state index in [4.69, 9.17) is 9.84 Å². The van der Waals surface area contributed by atoms with Crippen LogP contribution in [0.15, 0.2) is 48.5 Å². The summed E-state index contributed by atoms with van der Waals surface area (Å²) in [6.45, 7) is 0.242. The lowest BCUT2D eigenvalue weighted by atomic mass is 10.1. The van der Waals surface area contributed by atoms with Crippen molar-refractivity contribution in [2.75, 3.05) is 6.54 Å². The van der Waals surface area contributed by atoms with Gasteiger partial charge in [-0.15, -0.1) is 0 Å². The van der Waals surface area contributed by atoms with Gasteiger partial charge in [0, 0.05) is 18.5 Å². The zero-order chi connectivity index (χ0) is 20.6. The molecule has 1 amide bonds. The molecule has 0 radical (unpaired) electrons. The molecule has 0 unspecified atom stereocenters. The number of rotatable bonds is 5. The Morgan fingerprint density at radius 3 is 2.46 bits per heavy atom. The monoisotopic (exact) mass is 391 g/mol. The van der Waals surface area contributed by atoms with Crippen molar-refractivity contribution in [2.45, 2.75) is 19.2 Å². The fourth-order valence-electron chi connectivity index (χ4n) is 2.15. The van der Waals surface area contributed by atoms with E-state index in [0.29, 0.717) is 6.07 Å². The Hall–Kier alpha value is -3.47. The number of benzene rings is 2. The Morgan fingerprint density at radius 2 is 1.82 bits per heavy atom. The summed E-state index contributed by atoms with van der Waals surface area (Å²) in [7, 11) is 0. The molecule has 0 aliphatic carbocycles. The number of aromatic carboxylic acids is 1. The molecule has 0 saturated heterocycles. The Balaban J connectivity index is 1.87. The number of alkyl carbamates (subject to hydrolysis) is 1. The largest absolute Gasteiger partial charge is 0.478 e. The van der Waals surface area contributed by atoms with E-state index in [1.165, 1.54) is 0 Å². The van der Waals surface area contributed by atoms with E-state index in [0.717, 1.165) is 17.7 Å². The van der Waals surface area contributed by atoms with Crippen LogP contribution in [0, 0.1) is 11.8 Å². The van der Waals surface area contributed by atoms with Gasteiger partial charge in [0.2, 0.25) is 0 Å². The van der Waals surface area contributed by atoms with Crippen molar-refractivity contribution in [3.05, 3.63) is 70.8 Å². The predicted molar refractivity (Wildman–Crippen MR) is 94.5 cm³/mol. The number of carbonyl (C=O) groups is 2. The molecule has 0 aromatic heterocycles. The van der Waals surface area contributed by atoms with Crippen molar-refractivity contribution in [3.8, 4) is 11.8 Å². The second-order valence-electron chi connectivity index (χ2n) is 5.64. The molecule has 2 rings (SSSR count). The van der Waals surface area contributed by atoms with E-state index in [1.807, 2.05) is 18.2 Å². The highest BCUT2D eigenvalue weighted by Crippen LogP contribution is 2.30. The second kappa shape index (κ2) is 9.46. The molecule has 0 bridgehead atoms. The van der Waals surface area contributed by atoms with E-state index in [2.05, 4.69) is 17.2 Å². The van der Waals surface area contributed by atoms with Gasteiger partial charge in [-0.2, -0.15) is 13.2 Å². The fraction of sp³-hybridized carbons (Fsp3) is 0.200. The van der Waals surface area contributed by atoms with Gasteiger partial charge in [0.25, 0.3) is 0 Å². The molecule has 0 aliphatic rings. The fourth-order valence-corrected chi connectivity index (χ4v) is 2.15. The smallest absolute Gasteiger partial charge is 0.416 e. The van der Waals surface area contributed by atoms with E-state index in [1.54, 1.807) is 12.1 Å². The Kier molecular flexibility index (Phi) is 7.04. The maximum atomic E-state index is 12.8. The minimum atomic E-state index is -4.67. The number of halogens is 3. The molecule has 2 N–H and O–H groups in total. The molecule has 146 valence electrons. The number of hydrogen-bond donors (Lipinski definition) is 2. The van der Waals surface area contributed by atoms with Crippen molar-refractivity contribution in [1.29, 1.82) is 0 Å². The molecular weight excluding hydrogens is 375 g/mol. The molecule has 28 heavy (non-hydrogen) atoms. The zero-order valence-corrected chi connectivity index (χ0v) is 14.5. The number of hydrogen-bond acceptors (Lipinski definition) is 3. The first-order valence-electron chi connectivity index (χ1n) is 8.14. The highest BCUT2D eigenvalue weighted by Gasteiger charge is 2.31. The Bertz CT molecular complexity index is 899. The highest BCUT2D eigenvalue weighted by atomic mass is 19.4. The summed E-state index contributed by atoms with van der Waals surface area (Å²) in [5.41, 5.74) is -0.823. The standard InChI is InChI=1S/C20H16F3NO4/c21-20(22,23)17-11-15(10-16(12-17)18(25)26)8-4-5-9-24-19(27)28-13-14-6-2-1-3-7-14/h1-3,6-7,10-12H,5,9,13H2,(H,24,27)(H,25,26). The minimum absolute atomic E-state index is 0.0705. The van der Waals surface area contributed by atoms with Crippen molar-refractivity contribution in [2.24, 2.45) is 0 Å². The van der Waals surface area contributed by atoms with Gasteiger partial charge in [0.1, 0.15) is 6.61 Å². The van der Waals surface area contributed by atoms with Crippen molar-refractivity contribution >= 4 is 12.1 Å². The normalized spacial score (nSPS) is 10.5. The summed E-state index contributed by atoms with van der Waals surface area (Å²) in [4.78, 5) is 22.5. The summed E-state index contributed by atoms with van der Waals surface area (Å²) in [6.07, 6.45) is -5.16. The van der Waals surface area contributed by atoms with Crippen LogP contribution in [0.2, 0.25) is 0 Å². The van der Waals surface area contributed by atoms with Crippen molar-refractivity contribution < 1.29 is 32.6 Å². The van der Waals surface area contributed by atoms with E-state index in [-0.39, 0.29) is 25.1 Å². The number of carboxylic acids is 1. The van der Waals surface area contributed by atoms with Crippen LogP contribution in [0.4, 0.5) is 18.0 Å². The molecule has 2 aromatic carbocycles. The first-order valence-corrected chi connectivity index (χ1v) is 8.14. The van der Waals surface area contributed by atoms with Crippen LogP contribution in [0.3, 0.4) is 0 Å². The van der Waals surface area contributed by atoms with Gasteiger partial charge >= 0.3 is 18.2 Å². The molecule has 0 spiro atoms. The van der Waals surface area contributed by atoms with Crippen LogP contribution in [-0.2, 0) is 17.5 Å². The zero-order valence-electron chi connectivity index (χ0n) is 14.5. The number of amides is 1. The van der Waals surface area contributed by atoms with Gasteiger partial charge < -0.3 is 15.2 Å². The number of carboxylic acid groups (broad SMARTS) is 1. The molecule has 0 heterocycles. The van der Waals surface area contributed by atoms with Gasteiger partial charge in [-0.1, -0.05) is 42.2 Å². The summed E-state index contributed by atoms with van der Waals surface area (Å²) >= 11 is 0. The lowest BCUT2D eigenvalue weighted by Crippen LogP contribution is -2.24. The lowest BCUT2D eigenvalue weighted by Gasteiger charge is -2.08. The number of nitrogens with one attached hydrogen (secondary N) is 1. The molecular formula is C20H16F3NO4. The van der Waals surface area contributed by atoms with Gasteiger partial charge in [-0.3, -0.25) is 0 Å². The molecule has 0 atom stereocenters. The highest BCUT2D eigenvalue weighted by molar-refractivity contribution is 5.88. The van der Waals surface area contributed by atoms with Gasteiger partial charge in [-0.05, 0) is 23.8 Å². The molecule has 0 saturated carbocycles. The Morgan fingerprint density at radius 1 is 1.11 bits per heavy atom. The SMILES string of the molecule is O=C(NCCC#Cc1cc(C(=O)O)cc(C(F)(F)F)c1)OCc1ccccc1. The Labute approximate surface area is 159 Å². The first-order chi connectivity index (χ1) is 13.3. The number of ether oxygens (including phenoxy) is 1. The molecule has 8 heteroatoms. The summed E-state index contributed by atoms with van der Waals surface area (Å²) in [5.74, 6) is 3.60. The van der Waals surface area contributed by atoms with Crippen LogP contribution in [-0.4, -0.2) is 23.7 Å². The lowest BCUT2D eigenvalue weighted by molar-refractivity contribution is -0.137. The van der Waals surface area contributed by atoms with Gasteiger partial charge in [0.05, 0.1) is 11.1 Å². The predicted octanol–water partition coefficient (Wildman–Crippen LogP) is 4.07. The molecule has 0 fully saturated rings. The van der Waals surface area contributed by atoms with E-state index >= 15 is 0 Å².